The molecule has 126 valence electrons. The summed E-state index contributed by atoms with van der Waals surface area (Å²) in [7, 11) is 0. The molecule has 0 saturated carbocycles. The van der Waals surface area contributed by atoms with Crippen LogP contribution in [0.15, 0.2) is 18.2 Å². The first kappa shape index (κ1) is 15.9. The average Bonchev–Trinajstić information content (AvgIpc) is 2.68. The Balaban J connectivity index is 1.75. The molecule has 2 heterocycles. The number of piperazine rings is 1. The molecule has 6 heteroatoms. The van der Waals surface area contributed by atoms with Crippen LogP contribution >= 0.6 is 0 Å². The number of hydrogen-bond acceptors (Lipinski definition) is 4. The normalized spacial score (nSPS) is 24.0. The quantitative estimate of drug-likeness (QED) is 0.808. The van der Waals surface area contributed by atoms with E-state index < -0.39 is 5.60 Å². The number of ether oxygens (including phenoxy) is 1. The van der Waals surface area contributed by atoms with Crippen molar-refractivity contribution in [1.29, 1.82) is 0 Å². The number of anilines is 2. The van der Waals surface area contributed by atoms with Crippen LogP contribution in [0.25, 0.3) is 0 Å². The van der Waals surface area contributed by atoms with Crippen molar-refractivity contribution in [2.45, 2.75) is 51.3 Å². The van der Waals surface area contributed by atoms with Gasteiger partial charge in [-0.05, 0) is 51.8 Å². The van der Waals surface area contributed by atoms with Gasteiger partial charge in [-0.3, -0.25) is 4.90 Å². The van der Waals surface area contributed by atoms with Crippen molar-refractivity contribution in [3.8, 4) is 0 Å². The van der Waals surface area contributed by atoms with Gasteiger partial charge >= 0.3 is 6.09 Å². The third-order valence-corrected chi connectivity index (χ3v) is 4.40. The Morgan fingerprint density at radius 2 is 1.87 bits per heavy atom. The minimum atomic E-state index is -0.503. The van der Waals surface area contributed by atoms with Gasteiger partial charge in [-0.1, -0.05) is 0 Å². The molecule has 0 spiro atoms. The molecule has 2 saturated heterocycles. The van der Waals surface area contributed by atoms with Gasteiger partial charge in [0.1, 0.15) is 11.4 Å². The molecule has 3 rings (SSSR count). The van der Waals surface area contributed by atoms with Crippen LogP contribution in [0.3, 0.4) is 0 Å². The lowest BCUT2D eigenvalue weighted by molar-refractivity contribution is 0.0123. The van der Waals surface area contributed by atoms with E-state index in [2.05, 4.69) is 0 Å². The molecule has 2 bridgehead atoms. The van der Waals surface area contributed by atoms with Crippen molar-refractivity contribution in [2.75, 3.05) is 23.7 Å². The van der Waals surface area contributed by atoms with Crippen molar-refractivity contribution in [3.63, 3.8) is 0 Å². The topological polar surface area (TPSA) is 58.8 Å². The van der Waals surface area contributed by atoms with Gasteiger partial charge in [-0.25, -0.2) is 9.18 Å². The van der Waals surface area contributed by atoms with Crippen LogP contribution in [0, 0.1) is 5.82 Å². The van der Waals surface area contributed by atoms with Crippen LogP contribution < -0.4 is 10.6 Å². The Labute approximate surface area is 136 Å². The van der Waals surface area contributed by atoms with E-state index in [0.717, 1.165) is 12.8 Å². The van der Waals surface area contributed by atoms with Crippen LogP contribution in [-0.2, 0) is 4.74 Å². The van der Waals surface area contributed by atoms with Gasteiger partial charge in [-0.2, -0.15) is 0 Å². The number of nitrogen functional groups attached to an aromatic ring is 1. The Hall–Kier alpha value is -1.98. The van der Waals surface area contributed by atoms with E-state index in [1.54, 1.807) is 12.1 Å². The predicted molar refractivity (Wildman–Crippen MR) is 87.9 cm³/mol. The lowest BCUT2D eigenvalue weighted by Gasteiger charge is -2.42. The third kappa shape index (κ3) is 3.21. The summed E-state index contributed by atoms with van der Waals surface area (Å²) in [6, 6.07) is 4.91. The van der Waals surface area contributed by atoms with Crippen molar-refractivity contribution >= 4 is 17.5 Å². The van der Waals surface area contributed by atoms with Gasteiger partial charge < -0.3 is 15.4 Å². The van der Waals surface area contributed by atoms with Gasteiger partial charge in [0.2, 0.25) is 0 Å². The lowest BCUT2D eigenvalue weighted by Crippen LogP contribution is -2.57. The first-order valence-corrected chi connectivity index (χ1v) is 8.06. The maximum Gasteiger partial charge on any atom is 0.410 e. The molecule has 1 amide bonds. The minimum Gasteiger partial charge on any atom is -0.444 e. The molecule has 1 aromatic rings. The monoisotopic (exact) mass is 321 g/mol. The number of hydrogen-bond donors (Lipinski definition) is 1. The maximum atomic E-state index is 14.2. The summed E-state index contributed by atoms with van der Waals surface area (Å²) in [6.07, 6.45) is 1.59. The molecule has 2 fully saturated rings. The summed E-state index contributed by atoms with van der Waals surface area (Å²) < 4.78 is 19.7. The third-order valence-electron chi connectivity index (χ3n) is 4.40. The predicted octanol–water partition coefficient (Wildman–Crippen LogP) is 3.00. The van der Waals surface area contributed by atoms with Crippen LogP contribution in [-0.4, -0.2) is 41.8 Å². The minimum absolute atomic E-state index is 0.0700. The second kappa shape index (κ2) is 5.58. The van der Waals surface area contributed by atoms with Crippen molar-refractivity contribution < 1.29 is 13.9 Å². The van der Waals surface area contributed by atoms with Gasteiger partial charge in [0.15, 0.2) is 0 Å². The van der Waals surface area contributed by atoms with Crippen LogP contribution in [0.5, 0.6) is 0 Å². The van der Waals surface area contributed by atoms with Gasteiger partial charge in [0, 0.05) is 18.8 Å². The highest BCUT2D eigenvalue weighted by molar-refractivity contribution is 5.70. The molecule has 5 nitrogen and oxygen atoms in total. The van der Waals surface area contributed by atoms with Gasteiger partial charge in [-0.15, -0.1) is 0 Å². The molecular formula is C17H24FN3O2. The van der Waals surface area contributed by atoms with Crippen molar-refractivity contribution in [3.05, 3.63) is 24.0 Å². The first-order valence-electron chi connectivity index (χ1n) is 8.06. The Bertz CT molecular complexity index is 600. The number of amides is 1. The highest BCUT2D eigenvalue weighted by Crippen LogP contribution is 2.35. The lowest BCUT2D eigenvalue weighted by atomic mass is 10.1. The highest BCUT2D eigenvalue weighted by Gasteiger charge is 2.44. The van der Waals surface area contributed by atoms with E-state index in [0.29, 0.717) is 24.5 Å². The van der Waals surface area contributed by atoms with Crippen LogP contribution in [0.2, 0.25) is 0 Å². The number of halogens is 1. The summed E-state index contributed by atoms with van der Waals surface area (Å²) in [4.78, 5) is 16.3. The number of carbonyl (C=O) groups is 1. The van der Waals surface area contributed by atoms with E-state index in [4.69, 9.17) is 10.5 Å². The van der Waals surface area contributed by atoms with E-state index >= 15 is 0 Å². The van der Waals surface area contributed by atoms with Crippen LogP contribution in [0.4, 0.5) is 20.6 Å². The fourth-order valence-corrected chi connectivity index (χ4v) is 3.49. The second-order valence-corrected chi connectivity index (χ2v) is 7.39. The Morgan fingerprint density at radius 3 is 2.39 bits per heavy atom. The van der Waals surface area contributed by atoms with E-state index in [9.17, 15) is 9.18 Å². The molecule has 23 heavy (non-hydrogen) atoms. The molecule has 2 aliphatic rings. The number of rotatable bonds is 1. The SMILES string of the molecule is CC(C)(C)OC(=O)N1C2CCC1CN(c1ccc(N)cc1F)C2. The molecule has 2 unspecified atom stereocenters. The number of nitrogens with two attached hydrogens (primary N) is 1. The van der Waals surface area contributed by atoms with E-state index in [1.165, 1.54) is 6.07 Å². The van der Waals surface area contributed by atoms with Gasteiger partial charge in [0.05, 0.1) is 17.8 Å². The molecular weight excluding hydrogens is 297 g/mol. The molecule has 0 radical (unpaired) electrons. The fraction of sp³-hybridized carbons (Fsp3) is 0.588. The van der Waals surface area contributed by atoms with Crippen molar-refractivity contribution in [2.24, 2.45) is 0 Å². The maximum absolute atomic E-state index is 14.2. The smallest absolute Gasteiger partial charge is 0.410 e. The number of benzene rings is 1. The van der Waals surface area contributed by atoms with E-state index in [-0.39, 0.29) is 24.0 Å². The summed E-state index contributed by atoms with van der Waals surface area (Å²) in [5.74, 6) is -0.310. The zero-order chi connectivity index (χ0) is 16.8. The second-order valence-electron chi connectivity index (χ2n) is 7.39. The molecule has 1 aromatic carbocycles. The Morgan fingerprint density at radius 1 is 1.26 bits per heavy atom. The van der Waals surface area contributed by atoms with Crippen LogP contribution in [0.1, 0.15) is 33.6 Å². The summed E-state index contributed by atoms with van der Waals surface area (Å²) in [5, 5.41) is 0. The molecule has 2 atom stereocenters. The molecule has 0 aromatic heterocycles. The standard InChI is InChI=1S/C17H24FN3O2/c1-17(2,3)23-16(22)21-12-5-6-13(21)10-20(9-12)15-7-4-11(19)8-14(15)18/h4,7-8,12-13H,5-6,9-10,19H2,1-3H3. The highest BCUT2D eigenvalue weighted by atomic mass is 19.1. The summed E-state index contributed by atoms with van der Waals surface area (Å²) in [6.45, 7) is 6.85. The molecule has 2 N–H and O–H groups in total. The number of nitrogens with zero attached hydrogens (tertiary/aromatic N) is 2. The average molecular weight is 321 g/mol. The van der Waals surface area contributed by atoms with Gasteiger partial charge in [0.25, 0.3) is 0 Å². The van der Waals surface area contributed by atoms with E-state index in [1.807, 2.05) is 30.6 Å². The summed E-state index contributed by atoms with van der Waals surface area (Å²) in [5.41, 5.74) is 6.09. The first-order chi connectivity index (χ1) is 10.7. The number of fused-ring (bicyclic) bond motifs is 2. The fourth-order valence-electron chi connectivity index (χ4n) is 3.49. The number of carbonyl (C=O) groups excluding carboxylic acids is 1. The Kier molecular flexibility index (Phi) is 3.86. The zero-order valence-electron chi connectivity index (χ0n) is 13.9. The zero-order valence-corrected chi connectivity index (χ0v) is 13.9. The summed E-state index contributed by atoms with van der Waals surface area (Å²) >= 11 is 0. The van der Waals surface area contributed by atoms with Crippen molar-refractivity contribution in [1.82, 2.24) is 4.90 Å². The largest absolute Gasteiger partial charge is 0.444 e. The molecule has 0 aliphatic carbocycles. The molecule has 2 aliphatic heterocycles.